The molecule has 0 radical (unpaired) electrons. The van der Waals surface area contributed by atoms with E-state index in [-0.39, 0.29) is 10.8 Å². The smallest absolute Gasteiger partial charge is 0.191 e. The van der Waals surface area contributed by atoms with Crippen LogP contribution < -0.4 is 0 Å². The summed E-state index contributed by atoms with van der Waals surface area (Å²) in [6.07, 6.45) is 2.28. The van der Waals surface area contributed by atoms with Crippen LogP contribution in [0.1, 0.15) is 46.5 Å². The average molecular weight is 419 g/mol. The van der Waals surface area contributed by atoms with E-state index in [0.717, 1.165) is 40.9 Å². The fourth-order valence-electron chi connectivity index (χ4n) is 3.48. The number of nitrogens with zero attached hydrogens (tertiary/aromatic N) is 4. The zero-order chi connectivity index (χ0) is 20.0. The van der Waals surface area contributed by atoms with Gasteiger partial charge in [0.15, 0.2) is 10.9 Å². The topological polar surface area (TPSA) is 52.7 Å². The number of hydrogen-bond acceptors (Lipinski definition) is 4. The lowest BCUT2D eigenvalue weighted by Gasteiger charge is -2.10. The van der Waals surface area contributed by atoms with Crippen molar-refractivity contribution in [3.8, 4) is 5.69 Å². The van der Waals surface area contributed by atoms with Gasteiger partial charge in [-0.2, -0.15) is 0 Å². The monoisotopic (exact) mass is 418 g/mol. The van der Waals surface area contributed by atoms with Crippen molar-refractivity contribution in [2.24, 2.45) is 0 Å². The minimum atomic E-state index is -0.462. The Labute approximate surface area is 171 Å². The Kier molecular flexibility index (Phi) is 5.05. The molecule has 4 rings (SSSR count). The third kappa shape index (κ3) is 3.49. The van der Waals surface area contributed by atoms with E-state index in [9.17, 15) is 9.18 Å². The van der Waals surface area contributed by atoms with Crippen LogP contribution in [0.3, 0.4) is 0 Å². The minimum absolute atomic E-state index is 0.0283. The highest BCUT2D eigenvalue weighted by molar-refractivity contribution is 7.99. The Morgan fingerprint density at radius 1 is 1.25 bits per heavy atom. The molecule has 8 heteroatoms. The number of thioether (sulfide) groups is 1. The van der Waals surface area contributed by atoms with Gasteiger partial charge in [-0.1, -0.05) is 23.4 Å². The Bertz CT molecular complexity index is 1070. The number of Topliss-reactive ketones (excluding diaryl/α,β-unsaturated/α-hetero) is 1. The Balaban J connectivity index is 1.56. The molecule has 0 bridgehead atoms. The summed E-state index contributed by atoms with van der Waals surface area (Å²) < 4.78 is 17.5. The predicted molar refractivity (Wildman–Crippen MR) is 108 cm³/mol. The number of hydrogen-bond donors (Lipinski definition) is 0. The fraction of sp³-hybridized carbons (Fsp3) is 0.350. The Hall–Kier alpha value is -2.12. The first kappa shape index (κ1) is 19.2. The van der Waals surface area contributed by atoms with Crippen molar-refractivity contribution in [3.05, 3.63) is 57.9 Å². The number of carbonyl (C=O) groups is 1. The molecule has 3 aromatic rings. The average Bonchev–Trinajstić information content (AvgIpc) is 3.36. The van der Waals surface area contributed by atoms with E-state index in [1.54, 1.807) is 12.1 Å². The molecule has 1 aromatic carbocycles. The molecule has 2 heterocycles. The highest BCUT2D eigenvalue weighted by Crippen LogP contribution is 2.38. The zero-order valence-electron chi connectivity index (χ0n) is 15.9. The Morgan fingerprint density at radius 3 is 2.68 bits per heavy atom. The lowest BCUT2D eigenvalue weighted by atomic mass is 10.2. The van der Waals surface area contributed by atoms with Crippen molar-refractivity contribution in [2.75, 3.05) is 5.75 Å². The lowest BCUT2D eigenvalue weighted by molar-refractivity contribution is 0.102. The van der Waals surface area contributed by atoms with Crippen molar-refractivity contribution >= 4 is 29.1 Å². The third-order valence-corrected chi connectivity index (χ3v) is 6.21. The molecule has 1 saturated carbocycles. The molecule has 1 fully saturated rings. The highest BCUT2D eigenvalue weighted by Gasteiger charge is 2.28. The van der Waals surface area contributed by atoms with Crippen LogP contribution in [0.15, 0.2) is 29.4 Å². The van der Waals surface area contributed by atoms with Crippen molar-refractivity contribution in [2.45, 2.75) is 44.8 Å². The van der Waals surface area contributed by atoms with Crippen LogP contribution in [0.5, 0.6) is 0 Å². The summed E-state index contributed by atoms with van der Waals surface area (Å²) in [7, 11) is 0. The largest absolute Gasteiger partial charge is 0.318 e. The molecular weight excluding hydrogens is 399 g/mol. The van der Waals surface area contributed by atoms with Crippen molar-refractivity contribution in [3.63, 3.8) is 0 Å². The van der Waals surface area contributed by atoms with E-state index in [4.69, 9.17) is 11.6 Å². The van der Waals surface area contributed by atoms with Crippen molar-refractivity contribution in [1.29, 1.82) is 0 Å². The summed E-state index contributed by atoms with van der Waals surface area (Å²) in [5.41, 5.74) is 3.09. The predicted octanol–water partition coefficient (Wildman–Crippen LogP) is 5.10. The summed E-state index contributed by atoms with van der Waals surface area (Å²) >= 11 is 7.35. The molecular formula is C20H20ClFN4OS. The van der Waals surface area contributed by atoms with E-state index in [1.807, 2.05) is 31.4 Å². The summed E-state index contributed by atoms with van der Waals surface area (Å²) in [6, 6.07) is 6.90. The molecule has 0 N–H and O–H groups in total. The molecule has 146 valence electrons. The SMILES string of the molecule is Cc1cc(C(=O)CSc2nnc(C)n2C2CC2)c(C)n1-c1ccc(F)c(Cl)c1. The van der Waals surface area contributed by atoms with Crippen molar-refractivity contribution in [1.82, 2.24) is 19.3 Å². The second-order valence-corrected chi connectivity index (χ2v) is 8.41. The molecule has 0 saturated heterocycles. The van der Waals surface area contributed by atoms with Gasteiger partial charge < -0.3 is 9.13 Å². The summed E-state index contributed by atoms with van der Waals surface area (Å²) in [5.74, 6) is 0.749. The summed E-state index contributed by atoms with van der Waals surface area (Å²) in [5, 5.41) is 9.23. The van der Waals surface area contributed by atoms with Crippen LogP contribution in [0, 0.1) is 26.6 Å². The molecule has 0 spiro atoms. The molecule has 0 aliphatic heterocycles. The standard InChI is InChI=1S/C20H20ClFN4OS/c1-11-8-16(12(2)25(11)15-6-7-18(22)17(21)9-15)19(27)10-28-20-24-23-13(3)26(20)14-4-5-14/h6-9,14H,4-5,10H2,1-3H3. The van der Waals surface area contributed by atoms with Gasteiger partial charge in [0.2, 0.25) is 0 Å². The summed E-state index contributed by atoms with van der Waals surface area (Å²) in [6.45, 7) is 5.75. The maximum atomic E-state index is 13.5. The molecule has 5 nitrogen and oxygen atoms in total. The second-order valence-electron chi connectivity index (χ2n) is 7.06. The van der Waals surface area contributed by atoms with E-state index < -0.39 is 5.82 Å². The number of aryl methyl sites for hydroxylation is 2. The molecule has 0 amide bonds. The highest BCUT2D eigenvalue weighted by atomic mass is 35.5. The van der Waals surface area contributed by atoms with E-state index in [0.29, 0.717) is 17.4 Å². The van der Waals surface area contributed by atoms with Gasteiger partial charge >= 0.3 is 0 Å². The van der Waals surface area contributed by atoms with Gasteiger partial charge in [0, 0.05) is 28.7 Å². The quantitative estimate of drug-likeness (QED) is 0.413. The van der Waals surface area contributed by atoms with Crippen LogP contribution in [0.4, 0.5) is 4.39 Å². The first-order chi connectivity index (χ1) is 13.4. The molecule has 0 unspecified atom stereocenters. The van der Waals surface area contributed by atoms with Crippen LogP contribution in [0.2, 0.25) is 5.02 Å². The molecule has 0 atom stereocenters. The van der Waals surface area contributed by atoms with Crippen LogP contribution in [0.25, 0.3) is 5.69 Å². The third-order valence-electron chi connectivity index (χ3n) is 4.97. The van der Waals surface area contributed by atoms with E-state index in [2.05, 4.69) is 14.8 Å². The van der Waals surface area contributed by atoms with Gasteiger partial charge in [0.1, 0.15) is 11.6 Å². The van der Waals surface area contributed by atoms with E-state index >= 15 is 0 Å². The van der Waals surface area contributed by atoms with Gasteiger partial charge in [0.25, 0.3) is 0 Å². The Morgan fingerprint density at radius 2 is 2.00 bits per heavy atom. The number of carbonyl (C=O) groups excluding carboxylic acids is 1. The van der Waals surface area contributed by atoms with Gasteiger partial charge in [-0.25, -0.2) is 4.39 Å². The van der Waals surface area contributed by atoms with Crippen LogP contribution >= 0.6 is 23.4 Å². The van der Waals surface area contributed by atoms with Gasteiger partial charge in [-0.05, 0) is 57.9 Å². The number of aromatic nitrogens is 4. The van der Waals surface area contributed by atoms with Crippen LogP contribution in [-0.4, -0.2) is 30.9 Å². The molecule has 1 aliphatic rings. The van der Waals surface area contributed by atoms with E-state index in [1.165, 1.54) is 17.8 Å². The molecule has 1 aliphatic carbocycles. The zero-order valence-corrected chi connectivity index (χ0v) is 17.4. The van der Waals surface area contributed by atoms with Gasteiger partial charge in [-0.15, -0.1) is 10.2 Å². The second kappa shape index (κ2) is 7.37. The normalized spacial score (nSPS) is 13.9. The first-order valence-electron chi connectivity index (χ1n) is 9.08. The van der Waals surface area contributed by atoms with Gasteiger partial charge in [0.05, 0.1) is 10.8 Å². The maximum absolute atomic E-state index is 13.5. The minimum Gasteiger partial charge on any atom is -0.318 e. The summed E-state index contributed by atoms with van der Waals surface area (Å²) in [4.78, 5) is 12.9. The lowest BCUT2D eigenvalue weighted by Crippen LogP contribution is -2.07. The number of rotatable bonds is 6. The fourth-order valence-corrected chi connectivity index (χ4v) is 4.59. The van der Waals surface area contributed by atoms with Crippen molar-refractivity contribution < 1.29 is 9.18 Å². The van der Waals surface area contributed by atoms with Crippen LogP contribution in [-0.2, 0) is 0 Å². The molecule has 28 heavy (non-hydrogen) atoms. The number of ketones is 1. The maximum Gasteiger partial charge on any atom is 0.191 e. The number of halogens is 2. The molecule has 2 aromatic heterocycles. The number of benzene rings is 1. The van der Waals surface area contributed by atoms with Gasteiger partial charge in [-0.3, -0.25) is 4.79 Å². The first-order valence-corrected chi connectivity index (χ1v) is 10.4.